The number of benzene rings is 2. The molecule has 0 aliphatic rings. The fourth-order valence-electron chi connectivity index (χ4n) is 1.51. The second-order valence-corrected chi connectivity index (χ2v) is 6.34. The molecule has 2 rings (SSSR count). The van der Waals surface area contributed by atoms with Crippen molar-refractivity contribution in [3.05, 3.63) is 36.4 Å². The van der Waals surface area contributed by atoms with Gasteiger partial charge >= 0.3 is 37.7 Å². The van der Waals surface area contributed by atoms with E-state index >= 15 is 0 Å². The van der Waals surface area contributed by atoms with Crippen LogP contribution in [-0.4, -0.2) is 63.7 Å². The van der Waals surface area contributed by atoms with E-state index in [0.717, 1.165) is 24.3 Å². The summed E-state index contributed by atoms with van der Waals surface area (Å²) in [6.45, 7) is 0. The zero-order valence-corrected chi connectivity index (χ0v) is 13.3. The Morgan fingerprint density at radius 3 is 1.37 bits per heavy atom. The quantitative estimate of drug-likeness (QED) is 0.578. The van der Waals surface area contributed by atoms with Crippen molar-refractivity contribution < 1.29 is 25.9 Å². The Morgan fingerprint density at radius 2 is 1.05 bits per heavy atom. The van der Waals surface area contributed by atoms with Crippen LogP contribution in [0, 0.1) is 0 Å². The summed E-state index contributed by atoms with van der Waals surface area (Å²) in [6.07, 6.45) is 0. The van der Waals surface area contributed by atoms with Gasteiger partial charge < -0.3 is 9.11 Å². The zero-order valence-electron chi connectivity index (χ0n) is 9.44. The standard InChI is InChI=1S/C10H8O6S2.Ca/c11-17(12,13)9-3-1-7-2-4-10(18(14,15)16)6-8(7)5-9;/h1-6H,(H,11,12,13)(H,14,15,16);/q;+2/p-2. The van der Waals surface area contributed by atoms with Crippen LogP contribution in [0.2, 0.25) is 0 Å². The Bertz CT molecular complexity index is 759. The second kappa shape index (κ2) is 5.64. The van der Waals surface area contributed by atoms with E-state index in [9.17, 15) is 25.9 Å². The van der Waals surface area contributed by atoms with Crippen molar-refractivity contribution in [1.82, 2.24) is 0 Å². The molecule has 0 amide bonds. The summed E-state index contributed by atoms with van der Waals surface area (Å²) in [5.41, 5.74) is 0. The van der Waals surface area contributed by atoms with E-state index in [2.05, 4.69) is 0 Å². The molecule has 0 heterocycles. The van der Waals surface area contributed by atoms with E-state index in [1.807, 2.05) is 0 Å². The van der Waals surface area contributed by atoms with Crippen LogP contribution in [0.1, 0.15) is 0 Å². The summed E-state index contributed by atoms with van der Waals surface area (Å²) in [7, 11) is -9.24. The van der Waals surface area contributed by atoms with Crippen molar-refractivity contribution in [3.8, 4) is 0 Å². The molecule has 0 aliphatic heterocycles. The molecule has 6 nitrogen and oxygen atoms in total. The molecule has 0 aromatic heterocycles. The Labute approximate surface area is 139 Å². The van der Waals surface area contributed by atoms with Crippen LogP contribution in [0.4, 0.5) is 0 Å². The molecule has 19 heavy (non-hydrogen) atoms. The van der Waals surface area contributed by atoms with Crippen LogP contribution in [0.25, 0.3) is 10.8 Å². The molecule has 0 N–H and O–H groups in total. The SMILES string of the molecule is O=S(=O)([O-])c1ccc2ccc(S(=O)(=O)[O-])cc2c1.[Ca+2]. The van der Waals surface area contributed by atoms with Gasteiger partial charge in [-0.2, -0.15) is 0 Å². The Balaban J connectivity index is 0.00000180. The maximum absolute atomic E-state index is 10.8. The van der Waals surface area contributed by atoms with Crippen LogP contribution in [0.3, 0.4) is 0 Å². The first kappa shape index (κ1) is 16.8. The van der Waals surface area contributed by atoms with E-state index in [-0.39, 0.29) is 43.1 Å². The molecule has 0 radical (unpaired) electrons. The second-order valence-electron chi connectivity index (χ2n) is 3.58. The van der Waals surface area contributed by atoms with Gasteiger partial charge in [0, 0.05) is 0 Å². The first-order valence-electron chi connectivity index (χ1n) is 4.63. The molecule has 0 unspecified atom stereocenters. The summed E-state index contributed by atoms with van der Waals surface area (Å²) >= 11 is 0. The van der Waals surface area contributed by atoms with Crippen molar-refractivity contribution in [3.63, 3.8) is 0 Å². The van der Waals surface area contributed by atoms with Gasteiger partial charge in [0.2, 0.25) is 0 Å². The topological polar surface area (TPSA) is 114 Å². The predicted octanol–water partition coefficient (Wildman–Crippen LogP) is 0.267. The summed E-state index contributed by atoms with van der Waals surface area (Å²) < 4.78 is 64.9. The summed E-state index contributed by atoms with van der Waals surface area (Å²) in [6, 6.07) is 7.04. The van der Waals surface area contributed by atoms with Gasteiger partial charge in [-0.3, -0.25) is 0 Å². The van der Waals surface area contributed by atoms with Gasteiger partial charge in [-0.05, 0) is 35.0 Å². The molecule has 96 valence electrons. The van der Waals surface area contributed by atoms with Gasteiger partial charge in [0.15, 0.2) is 0 Å². The number of rotatable bonds is 2. The minimum Gasteiger partial charge on any atom is -0.744 e. The molecule has 0 atom stereocenters. The molecule has 2 aromatic carbocycles. The minimum absolute atomic E-state index is 0. The number of hydrogen-bond donors (Lipinski definition) is 0. The van der Waals surface area contributed by atoms with Crippen molar-refractivity contribution in [1.29, 1.82) is 0 Å². The molecule has 0 aliphatic carbocycles. The fraction of sp³-hybridized carbons (Fsp3) is 0. The van der Waals surface area contributed by atoms with E-state index in [4.69, 9.17) is 0 Å². The Hall–Kier alpha value is -0.220. The average Bonchev–Trinajstić information content (AvgIpc) is 2.25. The van der Waals surface area contributed by atoms with E-state index in [0.29, 0.717) is 5.39 Å². The zero-order chi connectivity index (χ0) is 13.6. The van der Waals surface area contributed by atoms with Crippen LogP contribution in [-0.2, 0) is 20.2 Å². The number of fused-ring (bicyclic) bond motifs is 1. The molecule has 0 saturated heterocycles. The van der Waals surface area contributed by atoms with Gasteiger partial charge in [0.05, 0.1) is 9.79 Å². The maximum Gasteiger partial charge on any atom is 2.00 e. The third-order valence-electron chi connectivity index (χ3n) is 2.36. The van der Waals surface area contributed by atoms with Crippen LogP contribution < -0.4 is 0 Å². The van der Waals surface area contributed by atoms with Gasteiger partial charge in [-0.25, -0.2) is 16.8 Å². The van der Waals surface area contributed by atoms with E-state index < -0.39 is 30.0 Å². The molecular weight excluding hydrogens is 320 g/mol. The third kappa shape index (κ3) is 3.88. The molecule has 0 fully saturated rings. The Kier molecular flexibility index (Phi) is 5.00. The monoisotopic (exact) mass is 326 g/mol. The number of hydrogen-bond acceptors (Lipinski definition) is 6. The summed E-state index contributed by atoms with van der Waals surface area (Å²) in [4.78, 5) is -0.953. The van der Waals surface area contributed by atoms with Crippen LogP contribution >= 0.6 is 0 Å². The smallest absolute Gasteiger partial charge is 0.744 e. The van der Waals surface area contributed by atoms with Crippen molar-refractivity contribution in [2.24, 2.45) is 0 Å². The van der Waals surface area contributed by atoms with E-state index in [1.165, 1.54) is 12.1 Å². The molecule has 0 saturated carbocycles. The summed E-state index contributed by atoms with van der Waals surface area (Å²) in [5, 5.41) is 0.721. The first-order valence-corrected chi connectivity index (χ1v) is 7.45. The fourth-order valence-corrected chi connectivity index (χ4v) is 2.53. The van der Waals surface area contributed by atoms with Crippen molar-refractivity contribution in [2.45, 2.75) is 9.79 Å². The minimum atomic E-state index is -4.62. The molecular formula is C10H6CaO6S2. The van der Waals surface area contributed by atoms with Crippen LogP contribution in [0.5, 0.6) is 0 Å². The normalized spacial score (nSPS) is 12.1. The molecule has 2 aromatic rings. The largest absolute Gasteiger partial charge is 2.00 e. The van der Waals surface area contributed by atoms with E-state index in [1.54, 1.807) is 0 Å². The average molecular weight is 326 g/mol. The summed E-state index contributed by atoms with van der Waals surface area (Å²) in [5.74, 6) is 0. The third-order valence-corrected chi connectivity index (χ3v) is 4.02. The van der Waals surface area contributed by atoms with Crippen LogP contribution in [0.15, 0.2) is 46.2 Å². The first-order chi connectivity index (χ1) is 8.18. The van der Waals surface area contributed by atoms with Gasteiger partial charge in [0.25, 0.3) is 0 Å². The van der Waals surface area contributed by atoms with Gasteiger partial charge in [0.1, 0.15) is 20.2 Å². The molecule has 0 spiro atoms. The molecule has 0 bridgehead atoms. The molecule has 9 heteroatoms. The maximum atomic E-state index is 10.8. The van der Waals surface area contributed by atoms with Crippen molar-refractivity contribution >= 4 is 68.7 Å². The van der Waals surface area contributed by atoms with Gasteiger partial charge in [-0.15, -0.1) is 0 Å². The van der Waals surface area contributed by atoms with Gasteiger partial charge in [-0.1, -0.05) is 12.1 Å². The Morgan fingerprint density at radius 1 is 0.684 bits per heavy atom. The predicted molar refractivity (Wildman–Crippen MR) is 65.6 cm³/mol. The van der Waals surface area contributed by atoms with Crippen molar-refractivity contribution in [2.75, 3.05) is 0 Å².